The fourth-order valence-electron chi connectivity index (χ4n) is 2.94. The van der Waals surface area contributed by atoms with E-state index in [1.165, 1.54) is 11.3 Å². The number of aryl methyl sites for hydroxylation is 1. The minimum Gasteiger partial charge on any atom is -0.365 e. The zero-order valence-electron chi connectivity index (χ0n) is 13.0. The molecule has 0 amide bonds. The normalized spacial score (nSPS) is 24.3. The monoisotopic (exact) mass is 260 g/mol. The van der Waals surface area contributed by atoms with E-state index >= 15 is 0 Å². The lowest BCUT2D eigenvalue weighted by atomic mass is 9.93. The third-order valence-electron chi connectivity index (χ3n) is 4.29. The van der Waals surface area contributed by atoms with E-state index in [-0.39, 0.29) is 0 Å². The highest BCUT2D eigenvalue weighted by Gasteiger charge is 2.31. The molecule has 2 atom stereocenters. The van der Waals surface area contributed by atoms with Gasteiger partial charge in [0.05, 0.1) is 0 Å². The van der Waals surface area contributed by atoms with Crippen LogP contribution in [0.25, 0.3) is 0 Å². The summed E-state index contributed by atoms with van der Waals surface area (Å²) in [6.45, 7) is 13.6. The molecule has 1 aromatic rings. The molecule has 2 rings (SSSR count). The van der Waals surface area contributed by atoms with E-state index in [0.29, 0.717) is 23.9 Å². The Labute approximate surface area is 118 Å². The Balaban J connectivity index is 2.25. The fourth-order valence-corrected chi connectivity index (χ4v) is 2.94. The van der Waals surface area contributed by atoms with Gasteiger partial charge in [-0.05, 0) is 36.5 Å². The van der Waals surface area contributed by atoms with E-state index in [1.54, 1.807) is 0 Å². The third-order valence-corrected chi connectivity index (χ3v) is 4.29. The molecule has 1 aliphatic heterocycles. The molecule has 106 valence electrons. The van der Waals surface area contributed by atoms with Crippen molar-refractivity contribution < 1.29 is 0 Å². The summed E-state index contributed by atoms with van der Waals surface area (Å²) in [4.78, 5) is 2.61. The van der Waals surface area contributed by atoms with E-state index in [2.05, 4.69) is 69.1 Å². The van der Waals surface area contributed by atoms with Gasteiger partial charge in [0.15, 0.2) is 0 Å². The largest absolute Gasteiger partial charge is 0.365 e. The number of hydrogen-bond acceptors (Lipinski definition) is 2. The van der Waals surface area contributed by atoms with Gasteiger partial charge < -0.3 is 10.2 Å². The molecule has 0 aromatic heterocycles. The van der Waals surface area contributed by atoms with Crippen molar-refractivity contribution in [1.29, 1.82) is 0 Å². The van der Waals surface area contributed by atoms with Gasteiger partial charge in [0.25, 0.3) is 0 Å². The summed E-state index contributed by atoms with van der Waals surface area (Å²) >= 11 is 0. The van der Waals surface area contributed by atoms with Gasteiger partial charge in [-0.2, -0.15) is 0 Å². The van der Waals surface area contributed by atoms with Crippen LogP contribution in [-0.4, -0.2) is 25.2 Å². The minimum atomic E-state index is 0.593. The molecule has 0 spiro atoms. The van der Waals surface area contributed by atoms with Gasteiger partial charge in [0.2, 0.25) is 0 Å². The Hall–Kier alpha value is -1.02. The number of hydrogen-bond donors (Lipinski definition) is 1. The maximum Gasteiger partial charge on any atom is 0.0438 e. The average molecular weight is 260 g/mol. The Morgan fingerprint density at radius 2 is 1.89 bits per heavy atom. The molecule has 1 aliphatic rings. The summed E-state index contributed by atoms with van der Waals surface area (Å²) in [7, 11) is 0. The molecule has 1 heterocycles. The molecule has 0 saturated carbocycles. The lowest BCUT2D eigenvalue weighted by Crippen LogP contribution is -2.60. The molecule has 1 saturated heterocycles. The number of anilines is 1. The standard InChI is InChI=1S/C17H28N2/c1-12(2)16-11-19(17(10-18-16)13(3)4)15-8-6-7-14(5)9-15/h6-9,12-13,16-18H,10-11H2,1-5H3. The van der Waals surface area contributed by atoms with Crippen LogP contribution in [0.4, 0.5) is 5.69 Å². The highest BCUT2D eigenvalue weighted by Crippen LogP contribution is 2.26. The molecule has 2 unspecified atom stereocenters. The molecule has 1 aromatic carbocycles. The van der Waals surface area contributed by atoms with Crippen molar-refractivity contribution in [3.63, 3.8) is 0 Å². The fraction of sp³-hybridized carbons (Fsp3) is 0.647. The zero-order valence-corrected chi connectivity index (χ0v) is 13.0. The molecular weight excluding hydrogens is 232 g/mol. The summed E-state index contributed by atoms with van der Waals surface area (Å²) in [5.74, 6) is 1.35. The number of benzene rings is 1. The van der Waals surface area contributed by atoms with Crippen LogP contribution in [0.3, 0.4) is 0 Å². The molecule has 19 heavy (non-hydrogen) atoms. The number of nitrogens with zero attached hydrogens (tertiary/aromatic N) is 1. The Morgan fingerprint density at radius 1 is 1.16 bits per heavy atom. The lowest BCUT2D eigenvalue weighted by Gasteiger charge is -2.45. The van der Waals surface area contributed by atoms with Crippen LogP contribution in [0.1, 0.15) is 33.3 Å². The van der Waals surface area contributed by atoms with Crippen LogP contribution in [0.2, 0.25) is 0 Å². The second-order valence-electron chi connectivity index (χ2n) is 6.56. The van der Waals surface area contributed by atoms with Gasteiger partial charge in [-0.1, -0.05) is 39.8 Å². The molecule has 0 radical (unpaired) electrons. The third kappa shape index (κ3) is 3.30. The summed E-state index contributed by atoms with van der Waals surface area (Å²) < 4.78 is 0. The number of rotatable bonds is 3. The summed E-state index contributed by atoms with van der Waals surface area (Å²) in [6, 6.07) is 10.1. The van der Waals surface area contributed by atoms with Crippen LogP contribution < -0.4 is 10.2 Å². The van der Waals surface area contributed by atoms with Gasteiger partial charge in [-0.25, -0.2) is 0 Å². The predicted octanol–water partition coefficient (Wildman–Crippen LogP) is 3.45. The molecule has 2 nitrogen and oxygen atoms in total. The number of nitrogens with one attached hydrogen (secondary N) is 1. The van der Waals surface area contributed by atoms with Crippen molar-refractivity contribution in [2.24, 2.45) is 11.8 Å². The first-order chi connectivity index (χ1) is 8.99. The van der Waals surface area contributed by atoms with E-state index in [1.807, 2.05) is 0 Å². The minimum absolute atomic E-state index is 0.593. The van der Waals surface area contributed by atoms with Crippen molar-refractivity contribution >= 4 is 5.69 Å². The van der Waals surface area contributed by atoms with Gasteiger partial charge in [0.1, 0.15) is 0 Å². The molecular formula is C17H28N2. The smallest absolute Gasteiger partial charge is 0.0438 e. The van der Waals surface area contributed by atoms with Crippen LogP contribution in [-0.2, 0) is 0 Å². The Kier molecular flexibility index (Phi) is 4.51. The van der Waals surface area contributed by atoms with Gasteiger partial charge >= 0.3 is 0 Å². The van der Waals surface area contributed by atoms with Crippen molar-refractivity contribution in [2.75, 3.05) is 18.0 Å². The first kappa shape index (κ1) is 14.4. The van der Waals surface area contributed by atoms with Crippen LogP contribution in [0.5, 0.6) is 0 Å². The predicted molar refractivity (Wildman–Crippen MR) is 83.8 cm³/mol. The van der Waals surface area contributed by atoms with Crippen molar-refractivity contribution in [2.45, 2.75) is 46.7 Å². The van der Waals surface area contributed by atoms with E-state index in [9.17, 15) is 0 Å². The van der Waals surface area contributed by atoms with Crippen molar-refractivity contribution in [3.05, 3.63) is 29.8 Å². The zero-order chi connectivity index (χ0) is 14.0. The van der Waals surface area contributed by atoms with Crippen molar-refractivity contribution in [3.8, 4) is 0 Å². The van der Waals surface area contributed by atoms with E-state index in [4.69, 9.17) is 0 Å². The topological polar surface area (TPSA) is 15.3 Å². The summed E-state index contributed by atoms with van der Waals surface area (Å²) in [5.41, 5.74) is 2.73. The second-order valence-corrected chi connectivity index (χ2v) is 6.56. The maximum atomic E-state index is 3.72. The summed E-state index contributed by atoms with van der Waals surface area (Å²) in [5, 5.41) is 3.72. The van der Waals surface area contributed by atoms with Gasteiger partial charge in [-0.3, -0.25) is 0 Å². The second kappa shape index (κ2) is 5.96. The van der Waals surface area contributed by atoms with Crippen LogP contribution >= 0.6 is 0 Å². The highest BCUT2D eigenvalue weighted by molar-refractivity contribution is 5.50. The Morgan fingerprint density at radius 3 is 2.47 bits per heavy atom. The van der Waals surface area contributed by atoms with Crippen LogP contribution in [0.15, 0.2) is 24.3 Å². The average Bonchev–Trinajstić information content (AvgIpc) is 2.37. The summed E-state index contributed by atoms with van der Waals surface area (Å²) in [6.07, 6.45) is 0. The highest BCUT2D eigenvalue weighted by atomic mass is 15.2. The Bertz CT molecular complexity index is 411. The molecule has 2 heteroatoms. The molecule has 1 N–H and O–H groups in total. The first-order valence-electron chi connectivity index (χ1n) is 7.55. The first-order valence-corrected chi connectivity index (χ1v) is 7.55. The quantitative estimate of drug-likeness (QED) is 0.895. The molecule has 0 aliphatic carbocycles. The molecule has 1 fully saturated rings. The van der Waals surface area contributed by atoms with E-state index < -0.39 is 0 Å². The number of piperazine rings is 1. The lowest BCUT2D eigenvalue weighted by molar-refractivity contribution is 0.295. The van der Waals surface area contributed by atoms with E-state index in [0.717, 1.165) is 13.1 Å². The maximum absolute atomic E-state index is 3.72. The SMILES string of the molecule is Cc1cccc(N2CC(C(C)C)NCC2C(C)C)c1. The molecule has 0 bridgehead atoms. The van der Waals surface area contributed by atoms with Crippen molar-refractivity contribution in [1.82, 2.24) is 5.32 Å². The van der Waals surface area contributed by atoms with Gasteiger partial charge in [0, 0.05) is 30.9 Å². The van der Waals surface area contributed by atoms with Crippen LogP contribution in [0, 0.1) is 18.8 Å². The van der Waals surface area contributed by atoms with Gasteiger partial charge in [-0.15, -0.1) is 0 Å².